The van der Waals surface area contributed by atoms with Crippen LogP contribution in [0.4, 0.5) is 5.69 Å². The van der Waals surface area contributed by atoms with Crippen LogP contribution < -0.4 is 10.0 Å². The lowest BCUT2D eigenvalue weighted by Crippen LogP contribution is -2.47. The Hall–Kier alpha value is -1.65. The van der Waals surface area contributed by atoms with Crippen LogP contribution in [-0.2, 0) is 32.5 Å². The zero-order chi connectivity index (χ0) is 20.9. The van der Waals surface area contributed by atoms with Gasteiger partial charge in [0.25, 0.3) is 0 Å². The summed E-state index contributed by atoms with van der Waals surface area (Å²) in [7, 11) is -3.35. The molecule has 2 aromatic rings. The Balaban J connectivity index is 1.46. The quantitative estimate of drug-likeness (QED) is 0.635. The molecule has 2 heterocycles. The third-order valence-electron chi connectivity index (χ3n) is 4.35. The largest absolute Gasteiger partial charge is 0.374 e. The summed E-state index contributed by atoms with van der Waals surface area (Å²) in [5.74, 6) is -0.132. The van der Waals surface area contributed by atoms with Crippen molar-refractivity contribution < 1.29 is 17.9 Å². The van der Waals surface area contributed by atoms with Crippen molar-refractivity contribution in [2.45, 2.75) is 19.1 Å². The van der Waals surface area contributed by atoms with Gasteiger partial charge in [0, 0.05) is 36.7 Å². The molecule has 1 fully saturated rings. The molecule has 1 aliphatic rings. The zero-order valence-electron chi connectivity index (χ0n) is 16.1. The molecular weight excluding hydrogens is 434 g/mol. The first kappa shape index (κ1) is 22.0. The second kappa shape index (κ2) is 9.90. The van der Waals surface area contributed by atoms with Gasteiger partial charge in [0.1, 0.15) is 0 Å². The van der Waals surface area contributed by atoms with Gasteiger partial charge in [-0.15, -0.1) is 11.3 Å². The van der Waals surface area contributed by atoms with E-state index in [2.05, 4.69) is 14.9 Å². The van der Waals surface area contributed by atoms with Crippen molar-refractivity contribution in [1.82, 2.24) is 10.2 Å². The molecule has 1 atom stereocenters. The second-order valence-corrected chi connectivity index (χ2v) is 10.5. The first-order chi connectivity index (χ1) is 13.8. The highest BCUT2D eigenvalue weighted by Crippen LogP contribution is 2.23. The highest BCUT2D eigenvalue weighted by atomic mass is 35.5. The number of amides is 1. The standard InChI is InChI=1S/C19H24ClN3O4S2/c1-29(25,26)22-15-4-2-3-14(9-15)10-19(24)21-11-16-12-23(7-8-27-16)13-17-5-6-18(20)28-17/h2-6,9,16,22H,7-8,10-13H2,1H3,(H,21,24)/t16-/m1/s1. The highest BCUT2D eigenvalue weighted by molar-refractivity contribution is 7.92. The minimum atomic E-state index is -3.35. The highest BCUT2D eigenvalue weighted by Gasteiger charge is 2.21. The summed E-state index contributed by atoms with van der Waals surface area (Å²) in [5.41, 5.74) is 1.18. The van der Waals surface area contributed by atoms with Gasteiger partial charge in [0.15, 0.2) is 0 Å². The van der Waals surface area contributed by atoms with E-state index >= 15 is 0 Å². The third-order valence-corrected chi connectivity index (χ3v) is 6.18. The third kappa shape index (κ3) is 7.60. The van der Waals surface area contributed by atoms with Crippen molar-refractivity contribution in [3.8, 4) is 0 Å². The average Bonchev–Trinajstić information content (AvgIpc) is 3.04. The summed E-state index contributed by atoms with van der Waals surface area (Å²) >= 11 is 7.57. The molecule has 0 radical (unpaired) electrons. The number of carbonyl (C=O) groups excluding carboxylic acids is 1. The summed E-state index contributed by atoms with van der Waals surface area (Å²) in [6, 6.07) is 10.7. The Morgan fingerprint density at radius 1 is 1.34 bits per heavy atom. The van der Waals surface area contributed by atoms with Gasteiger partial charge in [-0.25, -0.2) is 8.42 Å². The van der Waals surface area contributed by atoms with Crippen LogP contribution in [0.15, 0.2) is 36.4 Å². The predicted molar refractivity (Wildman–Crippen MR) is 116 cm³/mol. The van der Waals surface area contributed by atoms with E-state index in [-0.39, 0.29) is 18.4 Å². The first-order valence-corrected chi connectivity index (χ1v) is 12.3. The Morgan fingerprint density at radius 3 is 2.90 bits per heavy atom. The van der Waals surface area contributed by atoms with Crippen molar-refractivity contribution in [2.24, 2.45) is 0 Å². The molecule has 1 aromatic heterocycles. The van der Waals surface area contributed by atoms with E-state index in [1.165, 1.54) is 4.88 Å². The fourth-order valence-corrected chi connectivity index (χ4v) is 4.82. The molecular formula is C19H24ClN3O4S2. The van der Waals surface area contributed by atoms with Gasteiger partial charge >= 0.3 is 0 Å². The molecule has 1 saturated heterocycles. The molecule has 2 N–H and O–H groups in total. The Labute approximate surface area is 180 Å². The second-order valence-electron chi connectivity index (χ2n) is 6.99. The topological polar surface area (TPSA) is 87.7 Å². The van der Waals surface area contributed by atoms with Crippen LogP contribution in [0, 0.1) is 0 Å². The molecule has 1 aliphatic heterocycles. The number of nitrogens with zero attached hydrogens (tertiary/aromatic N) is 1. The Bertz CT molecular complexity index is 948. The van der Waals surface area contributed by atoms with Crippen LogP contribution in [0.25, 0.3) is 0 Å². The lowest BCUT2D eigenvalue weighted by Gasteiger charge is -2.32. The van der Waals surface area contributed by atoms with Gasteiger partial charge in [0.2, 0.25) is 15.9 Å². The van der Waals surface area contributed by atoms with E-state index < -0.39 is 10.0 Å². The number of rotatable bonds is 8. The van der Waals surface area contributed by atoms with Gasteiger partial charge in [0.05, 0.1) is 29.7 Å². The lowest BCUT2D eigenvalue weighted by molar-refractivity contribution is -0.121. The molecule has 0 unspecified atom stereocenters. The number of nitrogens with one attached hydrogen (secondary N) is 2. The summed E-state index contributed by atoms with van der Waals surface area (Å²) in [6.07, 6.45) is 1.19. The van der Waals surface area contributed by atoms with Gasteiger partial charge in [-0.05, 0) is 29.8 Å². The van der Waals surface area contributed by atoms with E-state index in [1.807, 2.05) is 12.1 Å². The van der Waals surface area contributed by atoms with Crippen molar-refractivity contribution >= 4 is 44.6 Å². The maximum atomic E-state index is 12.3. The maximum absolute atomic E-state index is 12.3. The fraction of sp³-hybridized carbons (Fsp3) is 0.421. The van der Waals surface area contributed by atoms with Crippen LogP contribution in [0.2, 0.25) is 4.34 Å². The molecule has 0 bridgehead atoms. The van der Waals surface area contributed by atoms with Gasteiger partial charge < -0.3 is 10.1 Å². The van der Waals surface area contributed by atoms with E-state index in [4.69, 9.17) is 16.3 Å². The number of anilines is 1. The number of ether oxygens (including phenoxy) is 1. The number of sulfonamides is 1. The number of hydrogen-bond acceptors (Lipinski definition) is 6. The Kier molecular flexibility index (Phi) is 7.53. The number of halogens is 1. The molecule has 158 valence electrons. The zero-order valence-corrected chi connectivity index (χ0v) is 18.4. The monoisotopic (exact) mass is 457 g/mol. The molecule has 0 saturated carbocycles. The summed E-state index contributed by atoms with van der Waals surface area (Å²) < 4.78 is 31.6. The minimum Gasteiger partial charge on any atom is -0.374 e. The Morgan fingerprint density at radius 2 is 2.17 bits per heavy atom. The lowest BCUT2D eigenvalue weighted by atomic mass is 10.1. The van der Waals surface area contributed by atoms with Crippen LogP contribution in [0.3, 0.4) is 0 Å². The van der Waals surface area contributed by atoms with Gasteiger partial charge in [-0.2, -0.15) is 0 Å². The first-order valence-electron chi connectivity index (χ1n) is 9.18. The normalized spacial score (nSPS) is 17.8. The van der Waals surface area contributed by atoms with Gasteiger partial charge in [-0.3, -0.25) is 14.4 Å². The number of hydrogen-bond donors (Lipinski definition) is 2. The van der Waals surface area contributed by atoms with Crippen LogP contribution in [-0.4, -0.2) is 57.8 Å². The fourth-order valence-electron chi connectivity index (χ4n) is 3.14. The van der Waals surface area contributed by atoms with Gasteiger partial charge in [-0.1, -0.05) is 23.7 Å². The number of carbonyl (C=O) groups is 1. The minimum absolute atomic E-state index is 0.0682. The van der Waals surface area contributed by atoms with Crippen molar-refractivity contribution in [3.63, 3.8) is 0 Å². The average molecular weight is 458 g/mol. The molecule has 10 heteroatoms. The van der Waals surface area contributed by atoms with Crippen LogP contribution in [0.1, 0.15) is 10.4 Å². The molecule has 7 nitrogen and oxygen atoms in total. The smallest absolute Gasteiger partial charge is 0.229 e. The predicted octanol–water partition coefficient (Wildman–Crippen LogP) is 2.33. The molecule has 0 aliphatic carbocycles. The number of benzene rings is 1. The molecule has 1 amide bonds. The number of morpholine rings is 1. The van der Waals surface area contributed by atoms with Crippen molar-refractivity contribution in [3.05, 3.63) is 51.2 Å². The van der Waals surface area contributed by atoms with Crippen LogP contribution >= 0.6 is 22.9 Å². The SMILES string of the molecule is CS(=O)(=O)Nc1cccc(CC(=O)NC[C@@H]2CN(Cc3ccc(Cl)s3)CCO2)c1. The van der Waals surface area contributed by atoms with E-state index in [9.17, 15) is 13.2 Å². The van der Waals surface area contributed by atoms with E-state index in [0.717, 1.165) is 35.8 Å². The summed E-state index contributed by atoms with van der Waals surface area (Å²) in [5, 5.41) is 2.91. The molecule has 1 aromatic carbocycles. The van der Waals surface area contributed by atoms with Crippen molar-refractivity contribution in [2.75, 3.05) is 37.2 Å². The summed E-state index contributed by atoms with van der Waals surface area (Å²) in [4.78, 5) is 15.8. The van der Waals surface area contributed by atoms with Crippen molar-refractivity contribution in [1.29, 1.82) is 0 Å². The van der Waals surface area contributed by atoms with Crippen LogP contribution in [0.5, 0.6) is 0 Å². The summed E-state index contributed by atoms with van der Waals surface area (Å²) in [6.45, 7) is 3.47. The molecule has 29 heavy (non-hydrogen) atoms. The molecule has 3 rings (SSSR count). The maximum Gasteiger partial charge on any atom is 0.229 e. The number of thiophene rings is 1. The van der Waals surface area contributed by atoms with E-state index in [1.54, 1.807) is 35.6 Å². The molecule has 0 spiro atoms. The van der Waals surface area contributed by atoms with E-state index in [0.29, 0.717) is 18.8 Å².